The predicted molar refractivity (Wildman–Crippen MR) is 67.9 cm³/mol. The number of aromatic nitrogens is 3. The van der Waals surface area contributed by atoms with Gasteiger partial charge >= 0.3 is 0 Å². The van der Waals surface area contributed by atoms with E-state index in [0.29, 0.717) is 18.0 Å². The Hall–Kier alpha value is -2.37. The average molecular weight is 258 g/mol. The molecular formula is C13H14N4O2. The van der Waals surface area contributed by atoms with Gasteiger partial charge in [-0.2, -0.15) is 5.10 Å². The van der Waals surface area contributed by atoms with Crippen molar-refractivity contribution >= 4 is 5.91 Å². The Balaban J connectivity index is 1.74. The zero-order valence-electron chi connectivity index (χ0n) is 10.5. The maximum Gasteiger partial charge on any atom is 0.251 e. The summed E-state index contributed by atoms with van der Waals surface area (Å²) in [4.78, 5) is 16.2. The van der Waals surface area contributed by atoms with E-state index in [9.17, 15) is 4.79 Å². The number of carbonyl (C=O) groups excluding carboxylic acids is 1. The van der Waals surface area contributed by atoms with E-state index in [0.717, 1.165) is 17.7 Å². The largest absolute Gasteiger partial charge is 0.493 e. The van der Waals surface area contributed by atoms with Gasteiger partial charge in [0, 0.05) is 12.0 Å². The second kappa shape index (κ2) is 4.72. The number of benzene rings is 1. The van der Waals surface area contributed by atoms with Gasteiger partial charge in [-0.1, -0.05) is 0 Å². The molecule has 3 rings (SSSR count). The summed E-state index contributed by atoms with van der Waals surface area (Å²) in [5.74, 6) is 1.39. The van der Waals surface area contributed by atoms with Gasteiger partial charge in [0.05, 0.1) is 12.6 Å². The van der Waals surface area contributed by atoms with Crippen molar-refractivity contribution in [3.63, 3.8) is 0 Å². The van der Waals surface area contributed by atoms with Gasteiger partial charge in [0.25, 0.3) is 5.91 Å². The van der Waals surface area contributed by atoms with E-state index in [4.69, 9.17) is 4.74 Å². The van der Waals surface area contributed by atoms with Crippen LogP contribution in [0.25, 0.3) is 0 Å². The summed E-state index contributed by atoms with van der Waals surface area (Å²) in [5, 5.41) is 9.38. The fraction of sp³-hybridized carbons (Fsp3) is 0.308. The SMILES string of the molecule is CC(NC(=O)c1ccc2c(c1)CCO2)c1ncn[nH]1. The third kappa shape index (κ3) is 2.29. The number of nitrogens with zero attached hydrogens (tertiary/aromatic N) is 2. The molecule has 19 heavy (non-hydrogen) atoms. The Morgan fingerprint density at radius 3 is 3.21 bits per heavy atom. The molecule has 98 valence electrons. The number of nitrogens with one attached hydrogen (secondary N) is 2. The van der Waals surface area contributed by atoms with Crippen molar-refractivity contribution in [1.29, 1.82) is 0 Å². The molecule has 1 aliphatic rings. The zero-order chi connectivity index (χ0) is 13.2. The van der Waals surface area contributed by atoms with Crippen LogP contribution in [0.1, 0.15) is 34.7 Å². The lowest BCUT2D eigenvalue weighted by atomic mass is 10.1. The Kier molecular flexibility index (Phi) is 2.91. The zero-order valence-corrected chi connectivity index (χ0v) is 10.5. The van der Waals surface area contributed by atoms with Crippen LogP contribution in [0.3, 0.4) is 0 Å². The fourth-order valence-corrected chi connectivity index (χ4v) is 2.10. The maximum atomic E-state index is 12.1. The number of amides is 1. The minimum absolute atomic E-state index is 0.126. The molecule has 1 atom stereocenters. The Morgan fingerprint density at radius 1 is 1.53 bits per heavy atom. The molecule has 0 aliphatic carbocycles. The van der Waals surface area contributed by atoms with Crippen LogP contribution >= 0.6 is 0 Å². The first-order chi connectivity index (χ1) is 9.24. The van der Waals surface area contributed by atoms with Crippen molar-refractivity contribution in [2.24, 2.45) is 0 Å². The first kappa shape index (κ1) is 11.7. The van der Waals surface area contributed by atoms with Crippen LogP contribution in [-0.2, 0) is 6.42 Å². The topological polar surface area (TPSA) is 79.9 Å². The van der Waals surface area contributed by atoms with Gasteiger partial charge in [-0.3, -0.25) is 9.89 Å². The van der Waals surface area contributed by atoms with Crippen LogP contribution in [-0.4, -0.2) is 27.7 Å². The third-order valence-electron chi connectivity index (χ3n) is 3.14. The van der Waals surface area contributed by atoms with E-state index in [-0.39, 0.29) is 11.9 Å². The fourth-order valence-electron chi connectivity index (χ4n) is 2.10. The highest BCUT2D eigenvalue weighted by Crippen LogP contribution is 2.25. The lowest BCUT2D eigenvalue weighted by Crippen LogP contribution is -2.27. The van der Waals surface area contributed by atoms with E-state index < -0.39 is 0 Å². The molecule has 0 fully saturated rings. The van der Waals surface area contributed by atoms with E-state index >= 15 is 0 Å². The van der Waals surface area contributed by atoms with Gasteiger partial charge < -0.3 is 10.1 Å². The van der Waals surface area contributed by atoms with Gasteiger partial charge in [-0.15, -0.1) is 0 Å². The van der Waals surface area contributed by atoms with Crippen molar-refractivity contribution in [1.82, 2.24) is 20.5 Å². The molecule has 6 heteroatoms. The van der Waals surface area contributed by atoms with Gasteiger partial charge in [0.2, 0.25) is 0 Å². The highest BCUT2D eigenvalue weighted by atomic mass is 16.5. The quantitative estimate of drug-likeness (QED) is 0.867. The Morgan fingerprint density at radius 2 is 2.42 bits per heavy atom. The summed E-state index contributed by atoms with van der Waals surface area (Å²) < 4.78 is 5.42. The normalized spacial score (nSPS) is 14.6. The summed E-state index contributed by atoms with van der Waals surface area (Å²) in [6.45, 7) is 2.55. The first-order valence-electron chi connectivity index (χ1n) is 6.16. The van der Waals surface area contributed by atoms with Crippen molar-refractivity contribution in [2.45, 2.75) is 19.4 Å². The van der Waals surface area contributed by atoms with Crippen molar-refractivity contribution in [3.05, 3.63) is 41.5 Å². The van der Waals surface area contributed by atoms with Gasteiger partial charge in [-0.25, -0.2) is 4.98 Å². The molecule has 2 N–H and O–H groups in total. The number of carbonyl (C=O) groups is 1. The molecule has 2 aromatic rings. The van der Waals surface area contributed by atoms with Crippen LogP contribution in [0.2, 0.25) is 0 Å². The van der Waals surface area contributed by atoms with Crippen LogP contribution in [0.15, 0.2) is 24.5 Å². The smallest absolute Gasteiger partial charge is 0.251 e. The average Bonchev–Trinajstić information content (AvgIpc) is 3.09. The molecule has 0 radical (unpaired) electrons. The Bertz CT molecular complexity index is 595. The number of aromatic amines is 1. The number of H-pyrrole nitrogens is 1. The summed E-state index contributed by atoms with van der Waals surface area (Å²) in [6, 6.07) is 5.28. The molecule has 1 unspecified atom stereocenters. The van der Waals surface area contributed by atoms with Crippen LogP contribution < -0.4 is 10.1 Å². The second-order valence-corrected chi connectivity index (χ2v) is 4.49. The summed E-state index contributed by atoms with van der Waals surface area (Å²) in [5.41, 5.74) is 1.72. The molecule has 1 aromatic carbocycles. The molecule has 1 aliphatic heterocycles. The summed E-state index contributed by atoms with van der Waals surface area (Å²) in [7, 11) is 0. The van der Waals surface area contributed by atoms with Crippen LogP contribution in [0, 0.1) is 0 Å². The Labute approximate surface area is 110 Å². The van der Waals surface area contributed by atoms with Gasteiger partial charge in [-0.05, 0) is 30.7 Å². The third-order valence-corrected chi connectivity index (χ3v) is 3.14. The molecule has 2 heterocycles. The highest BCUT2D eigenvalue weighted by molar-refractivity contribution is 5.94. The molecule has 1 aromatic heterocycles. The first-order valence-corrected chi connectivity index (χ1v) is 6.16. The second-order valence-electron chi connectivity index (χ2n) is 4.49. The molecule has 6 nitrogen and oxygen atoms in total. The monoisotopic (exact) mass is 258 g/mol. The van der Waals surface area contributed by atoms with Crippen molar-refractivity contribution in [2.75, 3.05) is 6.61 Å². The molecule has 0 bridgehead atoms. The van der Waals surface area contributed by atoms with E-state index in [1.165, 1.54) is 6.33 Å². The number of fused-ring (bicyclic) bond motifs is 1. The summed E-state index contributed by atoms with van der Waals surface area (Å²) >= 11 is 0. The number of rotatable bonds is 3. The molecule has 0 saturated heterocycles. The minimum Gasteiger partial charge on any atom is -0.493 e. The van der Waals surface area contributed by atoms with Gasteiger partial charge in [0.1, 0.15) is 17.9 Å². The number of hydrogen-bond donors (Lipinski definition) is 2. The summed E-state index contributed by atoms with van der Waals surface area (Å²) in [6.07, 6.45) is 2.28. The highest BCUT2D eigenvalue weighted by Gasteiger charge is 2.17. The lowest BCUT2D eigenvalue weighted by Gasteiger charge is -2.11. The van der Waals surface area contributed by atoms with Crippen LogP contribution in [0.4, 0.5) is 0 Å². The van der Waals surface area contributed by atoms with E-state index in [1.807, 2.05) is 19.1 Å². The number of hydrogen-bond acceptors (Lipinski definition) is 4. The van der Waals surface area contributed by atoms with Crippen LogP contribution in [0.5, 0.6) is 5.75 Å². The standard InChI is InChI=1S/C13H14N4O2/c1-8(12-14-7-15-17-12)16-13(18)10-2-3-11-9(6-10)4-5-19-11/h2-3,6-8H,4-5H2,1H3,(H,16,18)(H,14,15,17). The van der Waals surface area contributed by atoms with E-state index in [1.54, 1.807) is 6.07 Å². The maximum absolute atomic E-state index is 12.1. The van der Waals surface area contributed by atoms with Crippen molar-refractivity contribution < 1.29 is 9.53 Å². The van der Waals surface area contributed by atoms with E-state index in [2.05, 4.69) is 20.5 Å². The number of ether oxygens (including phenoxy) is 1. The molecular weight excluding hydrogens is 244 g/mol. The van der Waals surface area contributed by atoms with Crippen molar-refractivity contribution in [3.8, 4) is 5.75 Å². The lowest BCUT2D eigenvalue weighted by molar-refractivity contribution is 0.0938. The molecule has 0 saturated carbocycles. The van der Waals surface area contributed by atoms with Gasteiger partial charge in [0.15, 0.2) is 0 Å². The molecule has 1 amide bonds. The minimum atomic E-state index is -0.209. The molecule has 0 spiro atoms. The predicted octanol–water partition coefficient (Wildman–Crippen LogP) is 1.23.